The molecule has 1 aliphatic rings. The summed E-state index contributed by atoms with van der Waals surface area (Å²) in [5.74, 6) is 1.18. The summed E-state index contributed by atoms with van der Waals surface area (Å²) in [5, 5.41) is 3.14. The van der Waals surface area contributed by atoms with Crippen molar-refractivity contribution in [3.05, 3.63) is 12.4 Å². The Bertz CT molecular complexity index is 308. The van der Waals surface area contributed by atoms with E-state index in [1.54, 1.807) is 12.4 Å². The van der Waals surface area contributed by atoms with E-state index < -0.39 is 0 Å². The molecule has 3 N–H and O–H groups in total. The molecule has 0 radical (unpaired) electrons. The maximum Gasteiger partial charge on any atom is 0.144 e. The minimum Gasteiger partial charge on any atom is -0.382 e. The second-order valence-corrected chi connectivity index (χ2v) is 4.03. The Balaban J connectivity index is 1.62. The van der Waals surface area contributed by atoms with Crippen LogP contribution in [0.3, 0.4) is 0 Å². The van der Waals surface area contributed by atoms with Crippen molar-refractivity contribution in [1.29, 1.82) is 0 Å². The maximum atomic E-state index is 5.71. The van der Waals surface area contributed by atoms with Crippen LogP contribution < -0.4 is 11.1 Å². The van der Waals surface area contributed by atoms with Gasteiger partial charge < -0.3 is 15.8 Å². The molecule has 16 heavy (non-hydrogen) atoms. The average Bonchev–Trinajstić information content (AvgIpc) is 2.80. The normalized spacial score (nSPS) is 16.5. The minimum absolute atomic E-state index is 0.438. The van der Waals surface area contributed by atoms with Gasteiger partial charge in [0.05, 0.1) is 25.1 Å². The van der Waals surface area contributed by atoms with Crippen LogP contribution in [0.15, 0.2) is 12.4 Å². The van der Waals surface area contributed by atoms with Gasteiger partial charge in [-0.15, -0.1) is 0 Å². The zero-order valence-electron chi connectivity index (χ0n) is 9.35. The van der Waals surface area contributed by atoms with E-state index in [-0.39, 0.29) is 0 Å². The Kier molecular flexibility index (Phi) is 3.93. The molecule has 0 atom stereocenters. The van der Waals surface area contributed by atoms with E-state index in [9.17, 15) is 0 Å². The number of hydrogen-bond acceptors (Lipinski definition) is 5. The summed E-state index contributed by atoms with van der Waals surface area (Å²) in [6.45, 7) is 1.48. The van der Waals surface area contributed by atoms with Gasteiger partial charge in [-0.1, -0.05) is 12.8 Å². The van der Waals surface area contributed by atoms with Gasteiger partial charge in [0.2, 0.25) is 0 Å². The number of aromatic nitrogens is 2. The Morgan fingerprint density at radius 1 is 1.31 bits per heavy atom. The van der Waals surface area contributed by atoms with Crippen LogP contribution >= 0.6 is 0 Å². The molecule has 88 valence electrons. The van der Waals surface area contributed by atoms with Crippen molar-refractivity contribution in [3.8, 4) is 0 Å². The topological polar surface area (TPSA) is 73.1 Å². The van der Waals surface area contributed by atoms with Crippen molar-refractivity contribution < 1.29 is 4.74 Å². The molecule has 0 saturated heterocycles. The Labute approximate surface area is 95.4 Å². The molecular formula is C11H18N4O. The first-order chi connectivity index (χ1) is 7.84. The van der Waals surface area contributed by atoms with Crippen molar-refractivity contribution in [2.24, 2.45) is 0 Å². The van der Waals surface area contributed by atoms with E-state index >= 15 is 0 Å². The van der Waals surface area contributed by atoms with Crippen LogP contribution in [0.25, 0.3) is 0 Å². The highest BCUT2D eigenvalue weighted by atomic mass is 16.5. The van der Waals surface area contributed by atoms with Gasteiger partial charge >= 0.3 is 0 Å². The van der Waals surface area contributed by atoms with Crippen LogP contribution in [0, 0.1) is 0 Å². The molecule has 0 spiro atoms. The SMILES string of the molecule is Nc1cnc(NCCOC2CCCC2)cn1. The summed E-state index contributed by atoms with van der Waals surface area (Å²) in [6, 6.07) is 0. The van der Waals surface area contributed by atoms with Crippen LogP contribution in [0.4, 0.5) is 11.6 Å². The molecule has 5 nitrogen and oxygen atoms in total. The summed E-state index contributed by atoms with van der Waals surface area (Å²) < 4.78 is 5.71. The molecule has 1 fully saturated rings. The second-order valence-electron chi connectivity index (χ2n) is 4.03. The molecule has 1 aromatic rings. The zero-order chi connectivity index (χ0) is 11.2. The number of nitrogen functional groups attached to an aromatic ring is 1. The van der Waals surface area contributed by atoms with Crippen LogP contribution in [0.1, 0.15) is 25.7 Å². The van der Waals surface area contributed by atoms with Gasteiger partial charge in [-0.2, -0.15) is 0 Å². The molecule has 1 heterocycles. The number of ether oxygens (including phenoxy) is 1. The van der Waals surface area contributed by atoms with Gasteiger partial charge in [-0.25, -0.2) is 9.97 Å². The third kappa shape index (κ3) is 3.34. The number of nitrogens with one attached hydrogen (secondary N) is 1. The fraction of sp³-hybridized carbons (Fsp3) is 0.636. The van der Waals surface area contributed by atoms with Gasteiger partial charge in [-0.05, 0) is 12.8 Å². The minimum atomic E-state index is 0.438. The van der Waals surface area contributed by atoms with Crippen LogP contribution in [-0.4, -0.2) is 29.2 Å². The van der Waals surface area contributed by atoms with Crippen LogP contribution in [-0.2, 0) is 4.74 Å². The lowest BCUT2D eigenvalue weighted by molar-refractivity contribution is 0.0658. The Morgan fingerprint density at radius 2 is 2.12 bits per heavy atom. The molecule has 1 saturated carbocycles. The van der Waals surface area contributed by atoms with E-state index in [0.29, 0.717) is 11.9 Å². The third-order valence-electron chi connectivity index (χ3n) is 2.74. The monoisotopic (exact) mass is 222 g/mol. The first-order valence-corrected chi connectivity index (χ1v) is 5.77. The second kappa shape index (κ2) is 5.65. The quantitative estimate of drug-likeness (QED) is 0.737. The van der Waals surface area contributed by atoms with Crippen molar-refractivity contribution in [1.82, 2.24) is 9.97 Å². The van der Waals surface area contributed by atoms with Gasteiger partial charge in [0.1, 0.15) is 11.6 Å². The van der Waals surface area contributed by atoms with Crippen molar-refractivity contribution in [2.75, 3.05) is 24.2 Å². The first kappa shape index (κ1) is 11.1. The van der Waals surface area contributed by atoms with Gasteiger partial charge in [0.25, 0.3) is 0 Å². The summed E-state index contributed by atoms with van der Waals surface area (Å²) in [6.07, 6.45) is 8.68. The number of hydrogen-bond donors (Lipinski definition) is 2. The molecule has 0 amide bonds. The van der Waals surface area contributed by atoms with E-state index in [4.69, 9.17) is 10.5 Å². The number of nitrogens with zero attached hydrogens (tertiary/aromatic N) is 2. The fourth-order valence-electron chi connectivity index (χ4n) is 1.89. The molecule has 0 unspecified atom stereocenters. The molecule has 2 rings (SSSR count). The van der Waals surface area contributed by atoms with Gasteiger partial charge in [-0.3, -0.25) is 0 Å². The first-order valence-electron chi connectivity index (χ1n) is 5.77. The smallest absolute Gasteiger partial charge is 0.144 e. The largest absolute Gasteiger partial charge is 0.382 e. The Morgan fingerprint density at radius 3 is 2.81 bits per heavy atom. The van der Waals surface area contributed by atoms with E-state index in [1.165, 1.54) is 25.7 Å². The fourth-order valence-corrected chi connectivity index (χ4v) is 1.89. The lowest BCUT2D eigenvalue weighted by Gasteiger charge is -2.11. The highest BCUT2D eigenvalue weighted by molar-refractivity contribution is 5.35. The van der Waals surface area contributed by atoms with Crippen molar-refractivity contribution in [2.45, 2.75) is 31.8 Å². The number of anilines is 2. The van der Waals surface area contributed by atoms with Crippen molar-refractivity contribution >= 4 is 11.6 Å². The zero-order valence-corrected chi connectivity index (χ0v) is 9.35. The third-order valence-corrected chi connectivity index (χ3v) is 2.74. The lowest BCUT2D eigenvalue weighted by atomic mass is 10.3. The molecule has 5 heteroatoms. The van der Waals surface area contributed by atoms with Crippen LogP contribution in [0.5, 0.6) is 0 Å². The highest BCUT2D eigenvalue weighted by Gasteiger charge is 2.14. The van der Waals surface area contributed by atoms with Gasteiger partial charge in [0, 0.05) is 6.54 Å². The molecule has 0 aromatic carbocycles. The van der Waals surface area contributed by atoms with Crippen molar-refractivity contribution in [3.63, 3.8) is 0 Å². The molecule has 1 aliphatic carbocycles. The molecule has 1 aromatic heterocycles. The maximum absolute atomic E-state index is 5.71. The predicted octanol–water partition coefficient (Wildman–Crippen LogP) is 1.43. The van der Waals surface area contributed by atoms with E-state index in [1.807, 2.05) is 0 Å². The highest BCUT2D eigenvalue weighted by Crippen LogP contribution is 2.20. The predicted molar refractivity (Wildman–Crippen MR) is 63.1 cm³/mol. The van der Waals surface area contributed by atoms with Gasteiger partial charge in [0.15, 0.2) is 0 Å². The standard InChI is InChI=1S/C11H18N4O/c12-10-7-15-11(8-14-10)13-5-6-16-9-3-1-2-4-9/h7-9H,1-6H2,(H2,12,14)(H,13,15). The molecular weight excluding hydrogens is 204 g/mol. The molecule has 0 bridgehead atoms. The Hall–Kier alpha value is -1.36. The van der Waals surface area contributed by atoms with E-state index in [2.05, 4.69) is 15.3 Å². The summed E-state index contributed by atoms with van der Waals surface area (Å²) in [7, 11) is 0. The summed E-state index contributed by atoms with van der Waals surface area (Å²) in [5.41, 5.74) is 5.44. The summed E-state index contributed by atoms with van der Waals surface area (Å²) >= 11 is 0. The molecule has 0 aliphatic heterocycles. The van der Waals surface area contributed by atoms with E-state index in [0.717, 1.165) is 19.0 Å². The number of rotatable bonds is 5. The van der Waals surface area contributed by atoms with Crippen LogP contribution in [0.2, 0.25) is 0 Å². The average molecular weight is 222 g/mol. The lowest BCUT2D eigenvalue weighted by Crippen LogP contribution is -2.16. The summed E-state index contributed by atoms with van der Waals surface area (Å²) in [4.78, 5) is 8.04. The number of nitrogens with two attached hydrogens (primary N) is 1.